The average molecular weight is 365 g/mol. The molecule has 0 bridgehead atoms. The Bertz CT molecular complexity index is 676. The molecule has 2 aromatic carbocycles. The summed E-state index contributed by atoms with van der Waals surface area (Å²) in [6.45, 7) is 3.39. The number of nitrogens with zero attached hydrogens (tertiary/aromatic N) is 1. The normalized spacial score (nSPS) is 12.2. The summed E-state index contributed by atoms with van der Waals surface area (Å²) in [5, 5.41) is 4.13. The second-order valence-corrected chi connectivity index (χ2v) is 6.75. The van der Waals surface area contributed by atoms with E-state index in [-0.39, 0.29) is 11.9 Å². The van der Waals surface area contributed by atoms with E-state index in [9.17, 15) is 4.79 Å². The minimum Gasteiger partial charge on any atom is -0.350 e. The number of carbonyl (C=O) groups is 1. The molecule has 1 atom stereocenters. The maximum absolute atomic E-state index is 12.1. The van der Waals surface area contributed by atoms with Gasteiger partial charge in [0.2, 0.25) is 5.91 Å². The smallest absolute Gasteiger partial charge is 0.221 e. The van der Waals surface area contributed by atoms with Gasteiger partial charge in [0.1, 0.15) is 0 Å². The highest BCUT2D eigenvalue weighted by Gasteiger charge is 2.10. The van der Waals surface area contributed by atoms with Crippen molar-refractivity contribution in [3.63, 3.8) is 0 Å². The van der Waals surface area contributed by atoms with Crippen LogP contribution in [0.4, 0.5) is 0 Å². The molecule has 3 nitrogen and oxygen atoms in total. The third-order valence-corrected chi connectivity index (χ3v) is 4.57. The van der Waals surface area contributed by atoms with Crippen LogP contribution in [-0.4, -0.2) is 24.4 Å². The lowest BCUT2D eigenvalue weighted by atomic mass is 10.1. The summed E-state index contributed by atoms with van der Waals surface area (Å²) < 4.78 is 0. The molecule has 2 rings (SSSR count). The van der Waals surface area contributed by atoms with Crippen LogP contribution in [0.2, 0.25) is 10.0 Å². The van der Waals surface area contributed by atoms with Gasteiger partial charge in [-0.15, -0.1) is 0 Å². The molecule has 5 heteroatoms. The van der Waals surface area contributed by atoms with Crippen LogP contribution in [0.3, 0.4) is 0 Å². The zero-order valence-electron chi connectivity index (χ0n) is 13.9. The molecule has 1 unspecified atom stereocenters. The number of amides is 1. The fourth-order valence-corrected chi connectivity index (χ4v) is 2.78. The van der Waals surface area contributed by atoms with E-state index in [0.717, 1.165) is 17.7 Å². The van der Waals surface area contributed by atoms with Gasteiger partial charge in [-0.05, 0) is 37.2 Å². The molecule has 2 aromatic rings. The highest BCUT2D eigenvalue weighted by Crippen LogP contribution is 2.23. The van der Waals surface area contributed by atoms with Crippen molar-refractivity contribution >= 4 is 29.1 Å². The van der Waals surface area contributed by atoms with Gasteiger partial charge in [0.15, 0.2) is 0 Å². The Morgan fingerprint density at radius 2 is 1.83 bits per heavy atom. The van der Waals surface area contributed by atoms with Crippen LogP contribution in [0, 0.1) is 0 Å². The minimum atomic E-state index is 0.0130. The number of hydrogen-bond donors (Lipinski definition) is 1. The zero-order chi connectivity index (χ0) is 17.5. The summed E-state index contributed by atoms with van der Waals surface area (Å²) in [6.07, 6.45) is 0.453. The van der Waals surface area contributed by atoms with Crippen LogP contribution in [0.5, 0.6) is 0 Å². The van der Waals surface area contributed by atoms with Crippen LogP contribution in [0.1, 0.15) is 30.5 Å². The Morgan fingerprint density at radius 1 is 1.12 bits per heavy atom. The molecule has 1 amide bonds. The first-order valence-corrected chi connectivity index (χ1v) is 8.68. The van der Waals surface area contributed by atoms with Crippen molar-refractivity contribution in [1.82, 2.24) is 10.2 Å². The lowest BCUT2D eigenvalue weighted by molar-refractivity contribution is -0.122. The maximum Gasteiger partial charge on any atom is 0.221 e. The predicted octanol–water partition coefficient (Wildman–Crippen LogP) is 4.69. The van der Waals surface area contributed by atoms with Gasteiger partial charge in [0.05, 0.1) is 16.1 Å². The Kier molecular flexibility index (Phi) is 7.10. The van der Waals surface area contributed by atoms with Crippen LogP contribution in [-0.2, 0) is 11.3 Å². The Labute approximate surface area is 153 Å². The van der Waals surface area contributed by atoms with E-state index < -0.39 is 0 Å². The molecule has 0 aliphatic rings. The van der Waals surface area contributed by atoms with Gasteiger partial charge >= 0.3 is 0 Å². The molecule has 24 heavy (non-hydrogen) atoms. The van der Waals surface area contributed by atoms with Crippen LogP contribution in [0.15, 0.2) is 48.5 Å². The highest BCUT2D eigenvalue weighted by atomic mass is 35.5. The van der Waals surface area contributed by atoms with E-state index in [0.29, 0.717) is 23.0 Å². The van der Waals surface area contributed by atoms with Gasteiger partial charge in [0.25, 0.3) is 0 Å². The molecular formula is C19H22Cl2N2O. The molecule has 0 radical (unpaired) electrons. The molecular weight excluding hydrogens is 343 g/mol. The number of benzene rings is 2. The molecule has 0 saturated carbocycles. The molecule has 0 spiro atoms. The van der Waals surface area contributed by atoms with Crippen molar-refractivity contribution in [2.24, 2.45) is 0 Å². The van der Waals surface area contributed by atoms with E-state index in [1.807, 2.05) is 56.4 Å². The molecule has 1 N–H and O–H groups in total. The molecule has 0 aliphatic carbocycles. The first kappa shape index (κ1) is 18.8. The summed E-state index contributed by atoms with van der Waals surface area (Å²) >= 11 is 11.9. The van der Waals surface area contributed by atoms with Gasteiger partial charge in [-0.3, -0.25) is 4.79 Å². The van der Waals surface area contributed by atoms with E-state index in [2.05, 4.69) is 10.2 Å². The Hall–Kier alpha value is -1.55. The van der Waals surface area contributed by atoms with Crippen LogP contribution in [0.25, 0.3) is 0 Å². The maximum atomic E-state index is 12.1. The van der Waals surface area contributed by atoms with Gasteiger partial charge in [0, 0.05) is 19.5 Å². The average Bonchev–Trinajstić information content (AvgIpc) is 2.57. The largest absolute Gasteiger partial charge is 0.350 e. The number of rotatable bonds is 7. The number of hydrogen-bond acceptors (Lipinski definition) is 2. The zero-order valence-corrected chi connectivity index (χ0v) is 15.4. The third kappa shape index (κ3) is 5.82. The van der Waals surface area contributed by atoms with Crippen LogP contribution >= 0.6 is 23.2 Å². The van der Waals surface area contributed by atoms with E-state index >= 15 is 0 Å². The second kappa shape index (κ2) is 9.07. The summed E-state index contributed by atoms with van der Waals surface area (Å²) in [5.41, 5.74) is 2.18. The predicted molar refractivity (Wildman–Crippen MR) is 100 cm³/mol. The van der Waals surface area contributed by atoms with Crippen molar-refractivity contribution in [2.75, 3.05) is 13.6 Å². The molecule has 128 valence electrons. The van der Waals surface area contributed by atoms with Crippen molar-refractivity contribution in [2.45, 2.75) is 25.9 Å². The van der Waals surface area contributed by atoms with Crippen molar-refractivity contribution in [1.29, 1.82) is 0 Å². The van der Waals surface area contributed by atoms with Crippen molar-refractivity contribution in [3.05, 3.63) is 69.7 Å². The highest BCUT2D eigenvalue weighted by molar-refractivity contribution is 6.42. The fraction of sp³-hybridized carbons (Fsp3) is 0.316. The quantitative estimate of drug-likeness (QED) is 0.772. The van der Waals surface area contributed by atoms with E-state index in [1.54, 1.807) is 6.07 Å². The third-order valence-electron chi connectivity index (χ3n) is 3.83. The number of carbonyl (C=O) groups excluding carboxylic acids is 1. The molecule has 0 aliphatic heterocycles. The van der Waals surface area contributed by atoms with Gasteiger partial charge < -0.3 is 10.2 Å². The van der Waals surface area contributed by atoms with Crippen molar-refractivity contribution in [3.8, 4) is 0 Å². The van der Waals surface area contributed by atoms with E-state index in [4.69, 9.17) is 23.2 Å². The Balaban J connectivity index is 1.77. The lowest BCUT2D eigenvalue weighted by Crippen LogP contribution is -2.30. The summed E-state index contributed by atoms with van der Waals surface area (Å²) in [4.78, 5) is 14.2. The summed E-state index contributed by atoms with van der Waals surface area (Å²) in [7, 11) is 1.98. The number of halogens is 2. The fourth-order valence-electron chi connectivity index (χ4n) is 2.46. The summed E-state index contributed by atoms with van der Waals surface area (Å²) in [6, 6.07) is 15.6. The standard InChI is InChI=1S/C19H22Cl2N2O/c1-14(16-6-4-3-5-7-16)22-19(24)10-11-23(2)13-15-8-9-17(20)18(21)12-15/h3-9,12,14H,10-11,13H2,1-2H3,(H,22,24). The van der Waals surface area contributed by atoms with Gasteiger partial charge in [-0.2, -0.15) is 0 Å². The minimum absolute atomic E-state index is 0.0130. The molecule has 0 aromatic heterocycles. The SMILES string of the molecule is CC(NC(=O)CCN(C)Cc1ccc(Cl)c(Cl)c1)c1ccccc1. The topological polar surface area (TPSA) is 32.3 Å². The molecule has 0 fully saturated rings. The lowest BCUT2D eigenvalue weighted by Gasteiger charge is -2.18. The molecule has 0 saturated heterocycles. The Morgan fingerprint density at radius 3 is 2.50 bits per heavy atom. The van der Waals surface area contributed by atoms with Gasteiger partial charge in [-0.1, -0.05) is 59.6 Å². The van der Waals surface area contributed by atoms with Crippen LogP contribution < -0.4 is 5.32 Å². The first-order chi connectivity index (χ1) is 11.5. The van der Waals surface area contributed by atoms with E-state index in [1.165, 1.54) is 0 Å². The monoisotopic (exact) mass is 364 g/mol. The number of nitrogens with one attached hydrogen (secondary N) is 1. The first-order valence-electron chi connectivity index (χ1n) is 7.92. The summed E-state index contributed by atoms with van der Waals surface area (Å²) in [5.74, 6) is 0.0485. The van der Waals surface area contributed by atoms with Gasteiger partial charge in [-0.25, -0.2) is 0 Å². The molecule has 0 heterocycles. The second-order valence-electron chi connectivity index (χ2n) is 5.94. The van der Waals surface area contributed by atoms with Crippen molar-refractivity contribution < 1.29 is 4.79 Å².